The first-order chi connectivity index (χ1) is 8.08. The molecule has 0 bridgehead atoms. The minimum Gasteiger partial charge on any atom is -0.496 e. The molecule has 1 rings (SSSR count). The number of nitrogens with one attached hydrogen (secondary N) is 1. The minimum absolute atomic E-state index is 0.321. The summed E-state index contributed by atoms with van der Waals surface area (Å²) >= 11 is 6.02. The summed E-state index contributed by atoms with van der Waals surface area (Å²) in [5.74, 6) is 0.698. The van der Waals surface area contributed by atoms with Crippen molar-refractivity contribution >= 4 is 17.7 Å². The van der Waals surface area contributed by atoms with E-state index in [-0.39, 0.29) is 0 Å². The summed E-state index contributed by atoms with van der Waals surface area (Å²) in [4.78, 5) is 11.2. The maximum Gasteiger partial charge on any atom is 0.407 e. The van der Waals surface area contributed by atoms with Gasteiger partial charge in [-0.15, -0.1) is 0 Å². The lowest BCUT2D eigenvalue weighted by Crippen LogP contribution is -2.23. The van der Waals surface area contributed by atoms with Gasteiger partial charge in [0.05, 0.1) is 13.7 Å². The van der Waals surface area contributed by atoms with Crippen LogP contribution in [-0.2, 0) is 11.3 Å². The Morgan fingerprint density at radius 2 is 2.18 bits per heavy atom. The molecule has 1 N–H and O–H groups in total. The van der Waals surface area contributed by atoms with Crippen LogP contribution >= 0.6 is 11.6 Å². The molecule has 1 aromatic rings. The molecule has 0 radical (unpaired) electrons. The lowest BCUT2D eigenvalue weighted by atomic mass is 10.1. The van der Waals surface area contributed by atoms with E-state index in [1.165, 1.54) is 0 Å². The highest BCUT2D eigenvalue weighted by Gasteiger charge is 2.08. The predicted octanol–water partition coefficient (Wildman–Crippen LogP) is 2.90. The molecule has 1 amide bonds. The fourth-order valence-corrected chi connectivity index (χ4v) is 1.56. The molecule has 0 aliphatic rings. The van der Waals surface area contributed by atoms with E-state index in [2.05, 4.69) is 5.32 Å². The van der Waals surface area contributed by atoms with E-state index >= 15 is 0 Å². The molecule has 17 heavy (non-hydrogen) atoms. The van der Waals surface area contributed by atoms with Crippen molar-refractivity contribution in [1.82, 2.24) is 5.32 Å². The van der Waals surface area contributed by atoms with Gasteiger partial charge in [0.15, 0.2) is 0 Å². The number of hydrogen-bond donors (Lipinski definition) is 1. The molecule has 0 saturated heterocycles. The quantitative estimate of drug-likeness (QED) is 0.902. The Morgan fingerprint density at radius 3 is 2.76 bits per heavy atom. The van der Waals surface area contributed by atoms with Crippen molar-refractivity contribution in [2.75, 3.05) is 13.7 Å². The number of carbonyl (C=O) groups excluding carboxylic acids is 1. The van der Waals surface area contributed by atoms with Crippen molar-refractivity contribution in [3.63, 3.8) is 0 Å². The second kappa shape index (κ2) is 6.35. The molecule has 0 aliphatic heterocycles. The Balaban J connectivity index is 2.76. The zero-order valence-electron chi connectivity index (χ0n) is 10.2. The molecule has 0 aromatic heterocycles. The van der Waals surface area contributed by atoms with E-state index in [1.807, 2.05) is 13.0 Å². The Hall–Kier alpha value is -1.42. The second-order valence-corrected chi connectivity index (χ2v) is 3.89. The Kier molecular flexibility index (Phi) is 5.10. The third-order valence-electron chi connectivity index (χ3n) is 2.26. The minimum atomic E-state index is -0.453. The molecule has 0 heterocycles. The lowest BCUT2D eigenvalue weighted by Gasteiger charge is -2.11. The number of benzene rings is 1. The molecule has 0 aliphatic carbocycles. The summed E-state index contributed by atoms with van der Waals surface area (Å²) in [6.07, 6.45) is -0.453. The maximum atomic E-state index is 11.2. The Bertz CT molecular complexity index is 407. The molecule has 0 fully saturated rings. The molecule has 0 saturated carbocycles. The summed E-state index contributed by atoms with van der Waals surface area (Å²) in [5.41, 5.74) is 1.75. The SMILES string of the molecule is CCOC(=O)NCc1cc(Cl)c(C)cc1OC. The number of rotatable bonds is 4. The van der Waals surface area contributed by atoms with Crippen LogP contribution in [0.3, 0.4) is 0 Å². The van der Waals surface area contributed by atoms with Gasteiger partial charge in [-0.2, -0.15) is 0 Å². The lowest BCUT2D eigenvalue weighted by molar-refractivity contribution is 0.151. The van der Waals surface area contributed by atoms with Gasteiger partial charge in [0.1, 0.15) is 5.75 Å². The highest BCUT2D eigenvalue weighted by molar-refractivity contribution is 6.31. The number of aryl methyl sites for hydroxylation is 1. The first-order valence-corrected chi connectivity index (χ1v) is 5.70. The number of carbonyl (C=O) groups is 1. The van der Waals surface area contributed by atoms with Crippen molar-refractivity contribution in [2.45, 2.75) is 20.4 Å². The van der Waals surface area contributed by atoms with Crippen LogP contribution in [0.2, 0.25) is 5.02 Å². The Labute approximate surface area is 106 Å². The van der Waals surface area contributed by atoms with E-state index in [4.69, 9.17) is 21.1 Å². The van der Waals surface area contributed by atoms with E-state index in [9.17, 15) is 4.79 Å². The number of halogens is 1. The summed E-state index contributed by atoms with van der Waals surface area (Å²) in [6, 6.07) is 3.62. The van der Waals surface area contributed by atoms with Gasteiger partial charge < -0.3 is 14.8 Å². The molecule has 1 aromatic carbocycles. The van der Waals surface area contributed by atoms with Crippen molar-refractivity contribution in [1.29, 1.82) is 0 Å². The molecule has 0 unspecified atom stereocenters. The third kappa shape index (κ3) is 3.82. The van der Waals surface area contributed by atoms with Crippen molar-refractivity contribution in [3.05, 3.63) is 28.3 Å². The largest absolute Gasteiger partial charge is 0.496 e. The highest BCUT2D eigenvalue weighted by atomic mass is 35.5. The summed E-state index contributed by atoms with van der Waals surface area (Å²) in [6.45, 7) is 4.32. The van der Waals surface area contributed by atoms with Gasteiger partial charge in [-0.05, 0) is 31.5 Å². The van der Waals surface area contributed by atoms with E-state index in [1.54, 1.807) is 20.1 Å². The van der Waals surface area contributed by atoms with Crippen LogP contribution in [0.5, 0.6) is 5.75 Å². The highest BCUT2D eigenvalue weighted by Crippen LogP contribution is 2.26. The average molecular weight is 258 g/mol. The van der Waals surface area contributed by atoms with Gasteiger partial charge >= 0.3 is 6.09 Å². The second-order valence-electron chi connectivity index (χ2n) is 3.49. The standard InChI is InChI=1S/C12H16ClNO3/c1-4-17-12(15)14-7-9-6-10(13)8(2)5-11(9)16-3/h5-6H,4,7H2,1-3H3,(H,14,15). The van der Waals surface area contributed by atoms with E-state index in [0.29, 0.717) is 23.9 Å². The van der Waals surface area contributed by atoms with Crippen molar-refractivity contribution < 1.29 is 14.3 Å². The number of methoxy groups -OCH3 is 1. The van der Waals surface area contributed by atoms with E-state index in [0.717, 1.165) is 11.1 Å². The van der Waals surface area contributed by atoms with Crippen molar-refractivity contribution in [2.24, 2.45) is 0 Å². The van der Waals surface area contributed by atoms with Crippen LogP contribution in [0.25, 0.3) is 0 Å². The van der Waals surface area contributed by atoms with Gasteiger partial charge in [-0.3, -0.25) is 0 Å². The van der Waals surface area contributed by atoms with Gasteiger partial charge in [-0.25, -0.2) is 4.79 Å². The molecule has 0 atom stereocenters. The average Bonchev–Trinajstić information content (AvgIpc) is 2.30. The first-order valence-electron chi connectivity index (χ1n) is 5.32. The number of ether oxygens (including phenoxy) is 2. The monoisotopic (exact) mass is 257 g/mol. The van der Waals surface area contributed by atoms with Gasteiger partial charge in [0.25, 0.3) is 0 Å². The van der Waals surface area contributed by atoms with E-state index < -0.39 is 6.09 Å². The van der Waals surface area contributed by atoms with Crippen LogP contribution in [0.1, 0.15) is 18.1 Å². The fourth-order valence-electron chi connectivity index (χ4n) is 1.37. The normalized spacial score (nSPS) is 9.88. The maximum absolute atomic E-state index is 11.2. The fraction of sp³-hybridized carbons (Fsp3) is 0.417. The van der Waals surface area contributed by atoms with Gasteiger partial charge in [-0.1, -0.05) is 11.6 Å². The zero-order chi connectivity index (χ0) is 12.8. The molecular weight excluding hydrogens is 242 g/mol. The van der Waals surface area contributed by atoms with Crippen LogP contribution < -0.4 is 10.1 Å². The van der Waals surface area contributed by atoms with Crippen LogP contribution in [0.15, 0.2) is 12.1 Å². The summed E-state index contributed by atoms with van der Waals surface area (Å²) < 4.78 is 9.99. The van der Waals surface area contributed by atoms with Gasteiger partial charge in [0, 0.05) is 17.1 Å². The third-order valence-corrected chi connectivity index (χ3v) is 2.67. The number of alkyl carbamates (subject to hydrolysis) is 1. The predicted molar refractivity (Wildman–Crippen MR) is 66.6 cm³/mol. The van der Waals surface area contributed by atoms with Crippen LogP contribution in [0.4, 0.5) is 4.79 Å². The zero-order valence-corrected chi connectivity index (χ0v) is 10.9. The van der Waals surface area contributed by atoms with Crippen LogP contribution in [0, 0.1) is 6.92 Å². The van der Waals surface area contributed by atoms with Crippen LogP contribution in [-0.4, -0.2) is 19.8 Å². The number of hydrogen-bond acceptors (Lipinski definition) is 3. The Morgan fingerprint density at radius 1 is 1.47 bits per heavy atom. The smallest absolute Gasteiger partial charge is 0.407 e. The molecule has 4 nitrogen and oxygen atoms in total. The van der Waals surface area contributed by atoms with Crippen molar-refractivity contribution in [3.8, 4) is 5.75 Å². The molecule has 0 spiro atoms. The number of amides is 1. The first kappa shape index (κ1) is 13.6. The molecular formula is C12H16ClNO3. The summed E-state index contributed by atoms with van der Waals surface area (Å²) in [7, 11) is 1.58. The topological polar surface area (TPSA) is 47.6 Å². The van der Waals surface area contributed by atoms with Gasteiger partial charge in [0.2, 0.25) is 0 Å². The molecule has 94 valence electrons. The molecule has 5 heteroatoms. The summed E-state index contributed by atoms with van der Waals surface area (Å²) in [5, 5.41) is 3.27.